The van der Waals surface area contributed by atoms with E-state index in [4.69, 9.17) is 4.74 Å². The maximum atomic E-state index is 11.2. The van der Waals surface area contributed by atoms with E-state index in [1.54, 1.807) is 18.2 Å². The molecule has 1 unspecified atom stereocenters. The summed E-state index contributed by atoms with van der Waals surface area (Å²) in [5.74, 6) is 1.17. The number of ether oxygens (including phenoxy) is 1. The fourth-order valence-corrected chi connectivity index (χ4v) is 3.23. The first-order valence-electron chi connectivity index (χ1n) is 9.59. The van der Waals surface area contributed by atoms with Gasteiger partial charge in [-0.2, -0.15) is 0 Å². The third-order valence-electron chi connectivity index (χ3n) is 4.70. The SMILES string of the molecule is CCNC(=NCc1ccccc1[N+](=O)[O-])NCC(C(C)C)N1CCOCC1. The van der Waals surface area contributed by atoms with Crippen LogP contribution >= 0.6 is 0 Å². The number of nitro groups is 1. The van der Waals surface area contributed by atoms with Crippen LogP contribution in [0.4, 0.5) is 5.69 Å². The van der Waals surface area contributed by atoms with Crippen LogP contribution < -0.4 is 10.6 Å². The molecule has 8 nitrogen and oxygen atoms in total. The third kappa shape index (κ3) is 6.48. The minimum absolute atomic E-state index is 0.102. The van der Waals surface area contributed by atoms with Gasteiger partial charge in [-0.15, -0.1) is 0 Å². The minimum atomic E-state index is -0.363. The molecule has 0 bridgehead atoms. The van der Waals surface area contributed by atoms with E-state index in [0.29, 0.717) is 23.5 Å². The molecule has 2 rings (SSSR count). The Morgan fingerprint density at radius 1 is 1.30 bits per heavy atom. The number of aliphatic imine (C=N–C) groups is 1. The molecule has 27 heavy (non-hydrogen) atoms. The van der Waals surface area contributed by atoms with Gasteiger partial charge in [-0.1, -0.05) is 32.0 Å². The molecule has 1 aromatic carbocycles. The molecule has 1 atom stereocenters. The van der Waals surface area contributed by atoms with Crippen LogP contribution in [0, 0.1) is 16.0 Å². The number of morpholine rings is 1. The van der Waals surface area contributed by atoms with Gasteiger partial charge in [0.25, 0.3) is 5.69 Å². The fraction of sp³-hybridized carbons (Fsp3) is 0.632. The van der Waals surface area contributed by atoms with Gasteiger partial charge in [-0.25, -0.2) is 4.99 Å². The molecule has 2 N–H and O–H groups in total. The molecule has 0 amide bonds. The van der Waals surface area contributed by atoms with Crippen LogP contribution in [-0.2, 0) is 11.3 Å². The highest BCUT2D eigenvalue weighted by atomic mass is 16.6. The van der Waals surface area contributed by atoms with E-state index in [1.165, 1.54) is 6.07 Å². The third-order valence-corrected chi connectivity index (χ3v) is 4.70. The van der Waals surface area contributed by atoms with Crippen molar-refractivity contribution in [3.05, 3.63) is 39.9 Å². The smallest absolute Gasteiger partial charge is 0.274 e. The summed E-state index contributed by atoms with van der Waals surface area (Å²) in [4.78, 5) is 17.8. The summed E-state index contributed by atoms with van der Waals surface area (Å²) >= 11 is 0. The van der Waals surface area contributed by atoms with Gasteiger partial charge in [0.1, 0.15) is 0 Å². The summed E-state index contributed by atoms with van der Waals surface area (Å²) in [5, 5.41) is 17.8. The van der Waals surface area contributed by atoms with Crippen molar-refractivity contribution in [2.45, 2.75) is 33.4 Å². The number of guanidine groups is 1. The molecular formula is C19H31N5O3. The molecule has 0 aromatic heterocycles. The van der Waals surface area contributed by atoms with E-state index in [2.05, 4.69) is 34.4 Å². The van der Waals surface area contributed by atoms with E-state index in [-0.39, 0.29) is 17.2 Å². The predicted molar refractivity (Wildman–Crippen MR) is 107 cm³/mol. The van der Waals surface area contributed by atoms with Crippen LogP contribution in [0.15, 0.2) is 29.3 Å². The molecule has 1 aliphatic rings. The lowest BCUT2D eigenvalue weighted by Gasteiger charge is -2.37. The molecule has 0 spiro atoms. The maximum absolute atomic E-state index is 11.2. The normalized spacial score (nSPS) is 17.0. The van der Waals surface area contributed by atoms with Crippen LogP contribution in [0.5, 0.6) is 0 Å². The molecular weight excluding hydrogens is 346 g/mol. The minimum Gasteiger partial charge on any atom is -0.379 e. The highest BCUT2D eigenvalue weighted by Crippen LogP contribution is 2.18. The van der Waals surface area contributed by atoms with E-state index in [0.717, 1.165) is 39.4 Å². The van der Waals surface area contributed by atoms with Gasteiger partial charge in [0, 0.05) is 38.3 Å². The molecule has 1 saturated heterocycles. The largest absolute Gasteiger partial charge is 0.379 e. The van der Waals surface area contributed by atoms with Crippen molar-refractivity contribution in [1.82, 2.24) is 15.5 Å². The zero-order valence-electron chi connectivity index (χ0n) is 16.5. The van der Waals surface area contributed by atoms with Crippen molar-refractivity contribution in [1.29, 1.82) is 0 Å². The molecule has 0 saturated carbocycles. The topological polar surface area (TPSA) is 92.0 Å². The Labute approximate surface area is 161 Å². The van der Waals surface area contributed by atoms with E-state index in [9.17, 15) is 10.1 Å². The Hall–Kier alpha value is -2.19. The molecule has 1 aromatic rings. The molecule has 1 heterocycles. The van der Waals surface area contributed by atoms with Gasteiger partial charge < -0.3 is 15.4 Å². The van der Waals surface area contributed by atoms with Crippen LogP contribution in [0.1, 0.15) is 26.3 Å². The number of nitrogens with zero attached hydrogens (tertiary/aromatic N) is 3. The highest BCUT2D eigenvalue weighted by molar-refractivity contribution is 5.79. The number of hydrogen-bond acceptors (Lipinski definition) is 5. The van der Waals surface area contributed by atoms with Crippen molar-refractivity contribution in [3.8, 4) is 0 Å². The fourth-order valence-electron chi connectivity index (χ4n) is 3.23. The van der Waals surface area contributed by atoms with Gasteiger partial charge in [0.2, 0.25) is 0 Å². The van der Waals surface area contributed by atoms with E-state index < -0.39 is 0 Å². The number of para-hydroxylation sites is 1. The second kappa shape index (κ2) is 10.8. The van der Waals surface area contributed by atoms with Crippen LogP contribution in [-0.4, -0.2) is 61.2 Å². The average molecular weight is 377 g/mol. The Bertz CT molecular complexity index is 630. The summed E-state index contributed by atoms with van der Waals surface area (Å²) in [6.07, 6.45) is 0. The Kier molecular flexibility index (Phi) is 8.47. The number of nitrogens with one attached hydrogen (secondary N) is 2. The zero-order valence-corrected chi connectivity index (χ0v) is 16.5. The summed E-state index contributed by atoms with van der Waals surface area (Å²) in [6.45, 7) is 11.6. The zero-order chi connectivity index (χ0) is 19.6. The Morgan fingerprint density at radius 2 is 2.00 bits per heavy atom. The van der Waals surface area contributed by atoms with E-state index in [1.807, 2.05) is 6.92 Å². The molecule has 0 aliphatic carbocycles. The van der Waals surface area contributed by atoms with Crippen LogP contribution in [0.25, 0.3) is 0 Å². The second-order valence-electron chi connectivity index (χ2n) is 6.92. The summed E-state index contributed by atoms with van der Waals surface area (Å²) in [5.41, 5.74) is 0.707. The Morgan fingerprint density at radius 3 is 2.63 bits per heavy atom. The monoisotopic (exact) mass is 377 g/mol. The van der Waals surface area contributed by atoms with Crippen molar-refractivity contribution in [3.63, 3.8) is 0 Å². The van der Waals surface area contributed by atoms with Crippen LogP contribution in [0.3, 0.4) is 0 Å². The standard InChI is InChI=1S/C19H31N5O3/c1-4-20-19(21-13-16-7-5-6-8-17(16)24(25)26)22-14-18(15(2)3)23-9-11-27-12-10-23/h5-8,15,18H,4,9-14H2,1-3H3,(H2,20,21,22). The average Bonchev–Trinajstić information content (AvgIpc) is 2.67. The van der Waals surface area contributed by atoms with Crippen molar-refractivity contribution in [2.24, 2.45) is 10.9 Å². The molecule has 8 heteroatoms. The lowest BCUT2D eigenvalue weighted by atomic mass is 10.0. The number of rotatable bonds is 8. The van der Waals surface area contributed by atoms with Crippen LogP contribution in [0.2, 0.25) is 0 Å². The first-order valence-corrected chi connectivity index (χ1v) is 9.59. The van der Waals surface area contributed by atoms with Gasteiger partial charge in [-0.3, -0.25) is 15.0 Å². The van der Waals surface area contributed by atoms with Gasteiger partial charge in [-0.05, 0) is 12.8 Å². The Balaban J connectivity index is 2.03. The van der Waals surface area contributed by atoms with Crippen molar-refractivity contribution in [2.75, 3.05) is 39.4 Å². The van der Waals surface area contributed by atoms with Crippen molar-refractivity contribution >= 4 is 11.6 Å². The van der Waals surface area contributed by atoms with Crippen molar-refractivity contribution < 1.29 is 9.66 Å². The van der Waals surface area contributed by atoms with Gasteiger partial charge >= 0.3 is 0 Å². The molecule has 1 aliphatic heterocycles. The van der Waals surface area contributed by atoms with E-state index >= 15 is 0 Å². The quantitative estimate of drug-likeness (QED) is 0.312. The number of nitro benzene ring substituents is 1. The summed E-state index contributed by atoms with van der Waals surface area (Å²) in [7, 11) is 0. The first-order chi connectivity index (χ1) is 13.0. The first kappa shape index (κ1) is 21.1. The lowest BCUT2D eigenvalue weighted by molar-refractivity contribution is -0.385. The molecule has 0 radical (unpaired) electrons. The predicted octanol–water partition coefficient (Wildman–Crippen LogP) is 2.01. The summed E-state index contributed by atoms with van der Waals surface area (Å²) < 4.78 is 5.46. The highest BCUT2D eigenvalue weighted by Gasteiger charge is 2.24. The van der Waals surface area contributed by atoms with Gasteiger partial charge in [0.15, 0.2) is 5.96 Å². The summed E-state index contributed by atoms with van der Waals surface area (Å²) in [6, 6.07) is 7.10. The number of benzene rings is 1. The number of hydrogen-bond donors (Lipinski definition) is 2. The molecule has 1 fully saturated rings. The molecule has 150 valence electrons. The maximum Gasteiger partial charge on any atom is 0.274 e. The lowest BCUT2D eigenvalue weighted by Crippen LogP contribution is -2.52. The van der Waals surface area contributed by atoms with Gasteiger partial charge in [0.05, 0.1) is 30.2 Å². The second-order valence-corrected chi connectivity index (χ2v) is 6.92.